The average Bonchev–Trinajstić information content (AvgIpc) is 2.95. The summed E-state index contributed by atoms with van der Waals surface area (Å²) < 4.78 is 10.8. The molecule has 0 saturated heterocycles. The minimum atomic E-state index is -0.773. The highest BCUT2D eigenvalue weighted by Gasteiger charge is 2.24. The van der Waals surface area contributed by atoms with Crippen molar-refractivity contribution in [1.82, 2.24) is 0 Å². The van der Waals surface area contributed by atoms with E-state index in [2.05, 4.69) is 0 Å². The van der Waals surface area contributed by atoms with Gasteiger partial charge in [0.25, 0.3) is 0 Å². The van der Waals surface area contributed by atoms with Crippen molar-refractivity contribution < 1.29 is 38.9 Å². The van der Waals surface area contributed by atoms with Crippen molar-refractivity contribution in [2.75, 3.05) is 14.2 Å². The van der Waals surface area contributed by atoms with Crippen LogP contribution < -0.4 is 9.47 Å². The van der Waals surface area contributed by atoms with Gasteiger partial charge in [-0.3, -0.25) is 19.2 Å². The Kier molecular flexibility index (Phi) is 7.34. The van der Waals surface area contributed by atoms with Crippen molar-refractivity contribution in [3.8, 4) is 34.1 Å². The highest BCUT2D eigenvalue weighted by atomic mass is 16.5. The Hall–Kier alpha value is -5.24. The van der Waals surface area contributed by atoms with E-state index in [1.165, 1.54) is 74.9 Å². The third-order valence-corrected chi connectivity index (χ3v) is 5.90. The molecule has 8 nitrogen and oxygen atoms in total. The highest BCUT2D eigenvalue weighted by Crippen LogP contribution is 2.32. The number of carbonyl (C=O) groups excluding carboxylic acids is 4. The van der Waals surface area contributed by atoms with E-state index in [-0.39, 0.29) is 45.3 Å². The smallest absolute Gasteiger partial charge is 0.237 e. The number of methoxy groups -OCH3 is 2. The summed E-state index contributed by atoms with van der Waals surface area (Å²) in [5.74, 6) is -2.76. The number of ether oxygens (including phenoxy) is 2. The molecule has 0 saturated carbocycles. The fraction of sp³-hybridized carbons (Fsp3) is 0.0667. The van der Waals surface area contributed by atoms with Crippen LogP contribution in [0.2, 0.25) is 0 Å². The second-order valence-corrected chi connectivity index (χ2v) is 8.24. The molecule has 0 radical (unpaired) electrons. The Morgan fingerprint density at radius 1 is 0.500 bits per heavy atom. The van der Waals surface area contributed by atoms with Crippen molar-refractivity contribution >= 4 is 23.1 Å². The number of hydrogen-bond donors (Lipinski definition) is 2. The van der Waals surface area contributed by atoms with Gasteiger partial charge < -0.3 is 19.7 Å². The standard InChI is InChI=1S/C30H22O8/c1-37-25-15-19(7-13-23(25)29(35)27(33)17-3-9-21(31)10-4-17)20-8-14-24(26(16-20)38-2)30(36)28(34)18-5-11-22(32)12-6-18/h3-16,31-32H,1-2H3. The Morgan fingerprint density at radius 3 is 1.16 bits per heavy atom. The topological polar surface area (TPSA) is 127 Å². The number of Topliss-reactive ketones (excluding diaryl/α,β-unsaturated/α-hetero) is 4. The van der Waals surface area contributed by atoms with Crippen LogP contribution in [0, 0.1) is 0 Å². The fourth-order valence-electron chi connectivity index (χ4n) is 3.85. The molecule has 4 aromatic carbocycles. The zero-order valence-electron chi connectivity index (χ0n) is 20.4. The second-order valence-electron chi connectivity index (χ2n) is 8.24. The zero-order valence-corrected chi connectivity index (χ0v) is 20.4. The first-order valence-electron chi connectivity index (χ1n) is 11.4. The number of rotatable bonds is 9. The fourth-order valence-corrected chi connectivity index (χ4v) is 3.85. The maximum atomic E-state index is 12.9. The Morgan fingerprint density at radius 2 is 0.842 bits per heavy atom. The summed E-state index contributed by atoms with van der Waals surface area (Å²) in [5, 5.41) is 18.8. The molecule has 0 aliphatic rings. The van der Waals surface area contributed by atoms with Gasteiger partial charge in [-0.15, -0.1) is 0 Å². The predicted octanol–water partition coefficient (Wildman–Crippen LogP) is 4.91. The van der Waals surface area contributed by atoms with Crippen molar-refractivity contribution in [3.05, 3.63) is 107 Å². The van der Waals surface area contributed by atoms with E-state index in [0.717, 1.165) is 0 Å². The summed E-state index contributed by atoms with van der Waals surface area (Å²) >= 11 is 0. The molecular formula is C30H22O8. The summed E-state index contributed by atoms with van der Waals surface area (Å²) in [6.45, 7) is 0. The van der Waals surface area contributed by atoms with E-state index >= 15 is 0 Å². The van der Waals surface area contributed by atoms with Gasteiger partial charge >= 0.3 is 0 Å². The lowest BCUT2D eigenvalue weighted by molar-refractivity contribution is 0.0815. The van der Waals surface area contributed by atoms with Crippen molar-refractivity contribution in [1.29, 1.82) is 0 Å². The van der Waals surface area contributed by atoms with Crippen LogP contribution in [0.5, 0.6) is 23.0 Å². The van der Waals surface area contributed by atoms with Crippen LogP contribution in [0.1, 0.15) is 41.4 Å². The van der Waals surface area contributed by atoms with E-state index < -0.39 is 23.1 Å². The molecule has 4 aromatic rings. The van der Waals surface area contributed by atoms with E-state index in [9.17, 15) is 29.4 Å². The molecule has 38 heavy (non-hydrogen) atoms. The van der Waals surface area contributed by atoms with Crippen LogP contribution in [-0.4, -0.2) is 47.6 Å². The van der Waals surface area contributed by atoms with Crippen molar-refractivity contribution in [2.45, 2.75) is 0 Å². The lowest BCUT2D eigenvalue weighted by Crippen LogP contribution is -2.15. The third-order valence-electron chi connectivity index (χ3n) is 5.90. The lowest BCUT2D eigenvalue weighted by Gasteiger charge is -2.13. The van der Waals surface area contributed by atoms with E-state index in [1.807, 2.05) is 0 Å². The summed E-state index contributed by atoms with van der Waals surface area (Å²) in [6, 6.07) is 20.1. The van der Waals surface area contributed by atoms with Crippen LogP contribution in [0.15, 0.2) is 84.9 Å². The Labute approximate surface area is 217 Å². The quantitative estimate of drug-likeness (QED) is 0.240. The van der Waals surface area contributed by atoms with Gasteiger partial charge in [0.2, 0.25) is 23.1 Å². The van der Waals surface area contributed by atoms with Crippen LogP contribution >= 0.6 is 0 Å². The molecule has 2 N–H and O–H groups in total. The predicted molar refractivity (Wildman–Crippen MR) is 139 cm³/mol. The lowest BCUT2D eigenvalue weighted by atomic mass is 9.95. The molecule has 0 amide bonds. The number of carbonyl (C=O) groups is 4. The first-order chi connectivity index (χ1) is 18.2. The molecule has 0 aliphatic heterocycles. The first-order valence-corrected chi connectivity index (χ1v) is 11.4. The monoisotopic (exact) mass is 510 g/mol. The summed E-state index contributed by atoms with van der Waals surface area (Å²) in [7, 11) is 2.75. The van der Waals surface area contributed by atoms with Gasteiger partial charge in [0, 0.05) is 11.1 Å². The van der Waals surface area contributed by atoms with E-state index in [4.69, 9.17) is 9.47 Å². The van der Waals surface area contributed by atoms with Gasteiger partial charge in [-0.05, 0) is 83.9 Å². The van der Waals surface area contributed by atoms with Gasteiger partial charge in [0.1, 0.15) is 23.0 Å². The molecule has 0 spiro atoms. The molecule has 8 heteroatoms. The molecule has 0 bridgehead atoms. The second kappa shape index (κ2) is 10.8. The number of benzene rings is 4. The Balaban J connectivity index is 1.63. The van der Waals surface area contributed by atoms with Crippen LogP contribution in [0.25, 0.3) is 11.1 Å². The third kappa shape index (κ3) is 5.15. The van der Waals surface area contributed by atoms with E-state index in [1.54, 1.807) is 24.3 Å². The van der Waals surface area contributed by atoms with Crippen LogP contribution in [-0.2, 0) is 0 Å². The number of phenols is 2. The number of aromatic hydroxyl groups is 2. The maximum absolute atomic E-state index is 12.9. The van der Waals surface area contributed by atoms with Gasteiger partial charge in [0.15, 0.2) is 0 Å². The van der Waals surface area contributed by atoms with Crippen molar-refractivity contribution in [3.63, 3.8) is 0 Å². The molecule has 0 aliphatic carbocycles. The molecule has 4 rings (SSSR count). The minimum Gasteiger partial charge on any atom is -0.508 e. The van der Waals surface area contributed by atoms with Gasteiger partial charge in [-0.2, -0.15) is 0 Å². The van der Waals surface area contributed by atoms with Gasteiger partial charge in [-0.1, -0.05) is 12.1 Å². The summed E-state index contributed by atoms with van der Waals surface area (Å²) in [6.07, 6.45) is 0. The first kappa shape index (κ1) is 25.8. The van der Waals surface area contributed by atoms with Crippen LogP contribution in [0.3, 0.4) is 0 Å². The normalized spacial score (nSPS) is 10.5. The molecular weight excluding hydrogens is 488 g/mol. The SMILES string of the molecule is COc1cc(-c2ccc(C(=O)C(=O)c3ccc(O)cc3)c(OC)c2)ccc1C(=O)C(=O)c1ccc(O)cc1. The zero-order chi connectivity index (χ0) is 27.4. The molecule has 0 unspecified atom stereocenters. The molecule has 0 aromatic heterocycles. The van der Waals surface area contributed by atoms with Gasteiger partial charge in [-0.25, -0.2) is 0 Å². The van der Waals surface area contributed by atoms with E-state index in [0.29, 0.717) is 11.1 Å². The highest BCUT2D eigenvalue weighted by molar-refractivity contribution is 6.50. The maximum Gasteiger partial charge on any atom is 0.237 e. The number of ketones is 4. The largest absolute Gasteiger partial charge is 0.508 e. The van der Waals surface area contributed by atoms with Crippen LogP contribution in [0.4, 0.5) is 0 Å². The molecule has 0 atom stereocenters. The number of hydrogen-bond acceptors (Lipinski definition) is 8. The number of phenolic OH excluding ortho intramolecular Hbond substituents is 2. The molecule has 0 fully saturated rings. The van der Waals surface area contributed by atoms with Crippen molar-refractivity contribution in [2.24, 2.45) is 0 Å². The summed E-state index contributed by atoms with van der Waals surface area (Å²) in [4.78, 5) is 51.1. The average molecular weight is 510 g/mol. The minimum absolute atomic E-state index is 0.0243. The molecule has 190 valence electrons. The summed E-state index contributed by atoms with van der Waals surface area (Å²) in [5.41, 5.74) is 1.60. The Bertz CT molecular complexity index is 1430. The molecule has 0 heterocycles. The van der Waals surface area contributed by atoms with Gasteiger partial charge in [0.05, 0.1) is 25.3 Å².